The van der Waals surface area contributed by atoms with Crippen LogP contribution in [-0.4, -0.2) is 55.6 Å². The second-order valence-corrected chi connectivity index (χ2v) is 8.40. The molecule has 1 N–H and O–H groups in total. The summed E-state index contributed by atoms with van der Waals surface area (Å²) < 4.78 is 5.27. The predicted octanol–water partition coefficient (Wildman–Crippen LogP) is 3.77. The first-order valence-corrected chi connectivity index (χ1v) is 11.3. The molecule has 2 heterocycles. The average molecular weight is 439 g/mol. The fraction of sp³-hybridized carbons (Fsp3) is 0.458. The summed E-state index contributed by atoms with van der Waals surface area (Å²) in [6.07, 6.45) is 4.35. The first-order valence-electron chi connectivity index (χ1n) is 11.3. The maximum atomic E-state index is 12.9. The molecule has 8 nitrogen and oxygen atoms in total. The molecule has 0 unspecified atom stereocenters. The number of carbonyl (C=O) groups is 1. The van der Waals surface area contributed by atoms with Gasteiger partial charge in [-0.25, -0.2) is 0 Å². The Morgan fingerprint density at radius 1 is 1.06 bits per heavy atom. The van der Waals surface area contributed by atoms with Crippen molar-refractivity contribution in [2.75, 3.05) is 44.7 Å². The Bertz CT molecular complexity index is 951. The second-order valence-electron chi connectivity index (χ2n) is 8.40. The molecule has 0 bridgehead atoms. The van der Waals surface area contributed by atoms with Crippen molar-refractivity contribution in [1.29, 1.82) is 0 Å². The third kappa shape index (κ3) is 4.85. The molecule has 0 aromatic heterocycles. The van der Waals surface area contributed by atoms with Gasteiger partial charge in [0.2, 0.25) is 0 Å². The lowest BCUT2D eigenvalue weighted by Crippen LogP contribution is -2.36. The summed E-state index contributed by atoms with van der Waals surface area (Å²) in [4.78, 5) is 28.6. The van der Waals surface area contributed by atoms with Crippen molar-refractivity contribution >= 4 is 17.3 Å². The van der Waals surface area contributed by atoms with Gasteiger partial charge in [-0.15, -0.1) is 0 Å². The van der Waals surface area contributed by atoms with Crippen molar-refractivity contribution in [1.82, 2.24) is 10.2 Å². The molecule has 4 rings (SSSR count). The molecule has 0 aliphatic carbocycles. The number of rotatable bonds is 8. The number of nitro groups is 1. The topological polar surface area (TPSA) is 87.9 Å². The van der Waals surface area contributed by atoms with Gasteiger partial charge in [0.25, 0.3) is 11.6 Å². The van der Waals surface area contributed by atoms with Gasteiger partial charge < -0.3 is 15.0 Å². The number of hydrogen-bond donors (Lipinski definition) is 1. The SMILES string of the molecule is COc1ccc([C@@H](CNC(=O)c2ccc(N3CCCC3)c([N+](=O)[O-])c2)N2CCCC2)cc1. The Kier molecular flexibility index (Phi) is 6.90. The number of nitro benzene ring substituents is 1. The van der Waals surface area contributed by atoms with Gasteiger partial charge in [-0.3, -0.25) is 19.8 Å². The van der Waals surface area contributed by atoms with E-state index in [0.29, 0.717) is 17.8 Å². The van der Waals surface area contributed by atoms with Crippen LogP contribution in [0.4, 0.5) is 11.4 Å². The lowest BCUT2D eigenvalue weighted by atomic mass is 10.0. The molecule has 1 atom stereocenters. The molecule has 8 heteroatoms. The zero-order valence-corrected chi connectivity index (χ0v) is 18.5. The molecule has 32 heavy (non-hydrogen) atoms. The van der Waals surface area contributed by atoms with E-state index in [1.807, 2.05) is 29.2 Å². The van der Waals surface area contributed by atoms with E-state index < -0.39 is 4.92 Å². The molecular formula is C24H30N4O4. The zero-order valence-electron chi connectivity index (χ0n) is 18.5. The molecule has 2 aliphatic rings. The van der Waals surface area contributed by atoms with Crippen LogP contribution in [0.15, 0.2) is 42.5 Å². The van der Waals surface area contributed by atoms with Crippen LogP contribution in [0.25, 0.3) is 0 Å². The zero-order chi connectivity index (χ0) is 22.5. The van der Waals surface area contributed by atoms with E-state index in [2.05, 4.69) is 10.2 Å². The average Bonchev–Trinajstić information content (AvgIpc) is 3.54. The Labute approximate surface area is 188 Å². The van der Waals surface area contributed by atoms with Crippen molar-refractivity contribution in [3.8, 4) is 5.75 Å². The van der Waals surface area contributed by atoms with E-state index in [4.69, 9.17) is 4.74 Å². The molecule has 2 aliphatic heterocycles. The van der Waals surface area contributed by atoms with Crippen molar-refractivity contribution in [3.05, 3.63) is 63.7 Å². The molecule has 170 valence electrons. The first kappa shape index (κ1) is 22.1. The lowest BCUT2D eigenvalue weighted by Gasteiger charge is -2.28. The quantitative estimate of drug-likeness (QED) is 0.499. The van der Waals surface area contributed by atoms with Crippen LogP contribution < -0.4 is 15.0 Å². The summed E-state index contributed by atoms with van der Waals surface area (Å²) in [5.74, 6) is 0.502. The van der Waals surface area contributed by atoms with Gasteiger partial charge in [-0.1, -0.05) is 12.1 Å². The number of nitrogens with one attached hydrogen (secondary N) is 1. The fourth-order valence-electron chi connectivity index (χ4n) is 4.66. The van der Waals surface area contributed by atoms with E-state index in [-0.39, 0.29) is 17.6 Å². The summed E-state index contributed by atoms with van der Waals surface area (Å²) in [5, 5.41) is 14.7. The molecule has 0 spiro atoms. The van der Waals surface area contributed by atoms with E-state index in [1.54, 1.807) is 19.2 Å². The van der Waals surface area contributed by atoms with Gasteiger partial charge in [0.1, 0.15) is 11.4 Å². The van der Waals surface area contributed by atoms with Crippen LogP contribution >= 0.6 is 0 Å². The smallest absolute Gasteiger partial charge is 0.293 e. The summed E-state index contributed by atoms with van der Waals surface area (Å²) in [6.45, 7) is 4.04. The summed E-state index contributed by atoms with van der Waals surface area (Å²) in [5.41, 5.74) is 2.01. The number of benzene rings is 2. The van der Waals surface area contributed by atoms with Crippen LogP contribution in [0.3, 0.4) is 0 Å². The van der Waals surface area contributed by atoms with Crippen LogP contribution in [-0.2, 0) is 0 Å². The third-order valence-corrected chi connectivity index (χ3v) is 6.42. The molecule has 2 saturated heterocycles. The number of methoxy groups -OCH3 is 1. The van der Waals surface area contributed by atoms with Crippen molar-refractivity contribution in [2.24, 2.45) is 0 Å². The van der Waals surface area contributed by atoms with E-state index >= 15 is 0 Å². The van der Waals surface area contributed by atoms with Gasteiger partial charge in [0.15, 0.2) is 0 Å². The van der Waals surface area contributed by atoms with Crippen LogP contribution in [0.5, 0.6) is 5.75 Å². The Balaban J connectivity index is 1.49. The fourth-order valence-corrected chi connectivity index (χ4v) is 4.66. The summed E-state index contributed by atoms with van der Waals surface area (Å²) >= 11 is 0. The van der Waals surface area contributed by atoms with Gasteiger partial charge in [0.05, 0.1) is 18.1 Å². The minimum Gasteiger partial charge on any atom is -0.497 e. The number of carbonyl (C=O) groups excluding carboxylic acids is 1. The summed E-state index contributed by atoms with van der Waals surface area (Å²) in [6, 6.07) is 12.8. The minimum atomic E-state index is -0.394. The number of hydrogen-bond acceptors (Lipinski definition) is 6. The van der Waals surface area contributed by atoms with Gasteiger partial charge in [-0.2, -0.15) is 0 Å². The number of anilines is 1. The maximum absolute atomic E-state index is 12.9. The molecule has 0 radical (unpaired) electrons. The van der Waals surface area contributed by atoms with Crippen LogP contribution in [0.2, 0.25) is 0 Å². The highest BCUT2D eigenvalue weighted by Crippen LogP contribution is 2.32. The highest BCUT2D eigenvalue weighted by Gasteiger charge is 2.26. The monoisotopic (exact) mass is 438 g/mol. The Morgan fingerprint density at radius 3 is 2.34 bits per heavy atom. The predicted molar refractivity (Wildman–Crippen MR) is 123 cm³/mol. The van der Waals surface area contributed by atoms with E-state index in [9.17, 15) is 14.9 Å². The Morgan fingerprint density at radius 2 is 1.72 bits per heavy atom. The standard InChI is InChI=1S/C24H30N4O4/c1-32-20-9-6-18(7-10-20)23(27-14-4-5-15-27)17-25-24(29)19-8-11-21(22(16-19)28(30)31)26-12-2-3-13-26/h6-11,16,23H,2-5,12-15,17H2,1H3,(H,25,29)/t23-/m1/s1. The van der Waals surface area contributed by atoms with Gasteiger partial charge >= 0.3 is 0 Å². The normalized spacial score (nSPS) is 17.3. The van der Waals surface area contributed by atoms with Gasteiger partial charge in [-0.05, 0) is 68.6 Å². The Hall–Kier alpha value is -3.13. The molecule has 1 amide bonds. The molecular weight excluding hydrogens is 408 g/mol. The molecule has 2 aromatic rings. The summed E-state index contributed by atoms with van der Waals surface area (Å²) in [7, 11) is 1.64. The second kappa shape index (κ2) is 9.99. The van der Waals surface area contributed by atoms with E-state index in [0.717, 1.165) is 63.2 Å². The number of likely N-dealkylation sites (tertiary alicyclic amines) is 1. The number of amides is 1. The maximum Gasteiger partial charge on any atom is 0.293 e. The van der Waals surface area contributed by atoms with Crippen LogP contribution in [0, 0.1) is 10.1 Å². The number of ether oxygens (including phenoxy) is 1. The lowest BCUT2D eigenvalue weighted by molar-refractivity contribution is -0.384. The molecule has 0 saturated carbocycles. The van der Waals surface area contributed by atoms with Crippen molar-refractivity contribution in [3.63, 3.8) is 0 Å². The van der Waals surface area contributed by atoms with Crippen molar-refractivity contribution < 1.29 is 14.5 Å². The largest absolute Gasteiger partial charge is 0.497 e. The highest BCUT2D eigenvalue weighted by molar-refractivity contribution is 5.95. The van der Waals surface area contributed by atoms with E-state index in [1.165, 1.54) is 6.07 Å². The number of nitrogens with zero attached hydrogens (tertiary/aromatic N) is 3. The molecule has 2 aromatic carbocycles. The molecule has 2 fully saturated rings. The van der Waals surface area contributed by atoms with Gasteiger partial charge in [0, 0.05) is 31.3 Å². The highest BCUT2D eigenvalue weighted by atomic mass is 16.6. The first-order chi connectivity index (χ1) is 15.6. The van der Waals surface area contributed by atoms with Crippen molar-refractivity contribution in [2.45, 2.75) is 31.7 Å². The minimum absolute atomic E-state index is 0.00852. The van der Waals surface area contributed by atoms with Crippen LogP contribution in [0.1, 0.15) is 47.6 Å². The third-order valence-electron chi connectivity index (χ3n) is 6.42.